The Bertz CT molecular complexity index is 590. The Morgan fingerprint density at radius 2 is 2.17 bits per heavy atom. The highest BCUT2D eigenvalue weighted by molar-refractivity contribution is 9.10. The van der Waals surface area contributed by atoms with Gasteiger partial charge in [0.15, 0.2) is 0 Å². The lowest BCUT2D eigenvalue weighted by Gasteiger charge is -2.05. The van der Waals surface area contributed by atoms with Crippen LogP contribution in [0.2, 0.25) is 0 Å². The third-order valence-electron chi connectivity index (χ3n) is 2.31. The first kappa shape index (κ1) is 12.9. The Morgan fingerprint density at radius 3 is 2.83 bits per heavy atom. The molecule has 1 aromatic carbocycles. The van der Waals surface area contributed by atoms with Crippen LogP contribution in [0.4, 0.5) is 5.69 Å². The van der Waals surface area contributed by atoms with Crippen LogP contribution < -0.4 is 5.73 Å². The molecule has 0 unspecified atom stereocenters. The predicted octanol–water partition coefficient (Wildman–Crippen LogP) is 3.64. The van der Waals surface area contributed by atoms with Gasteiger partial charge >= 0.3 is 0 Å². The van der Waals surface area contributed by atoms with Crippen molar-refractivity contribution >= 4 is 33.4 Å². The number of pyridine rings is 1. The molecule has 0 aliphatic heterocycles. The number of nitrogens with two attached hydrogens (primary N) is 1. The Morgan fingerprint density at radius 1 is 1.33 bits per heavy atom. The lowest BCUT2D eigenvalue weighted by molar-refractivity contribution is 1.12. The third kappa shape index (κ3) is 3.25. The van der Waals surface area contributed by atoms with E-state index in [1.165, 1.54) is 0 Å². The van der Waals surface area contributed by atoms with Gasteiger partial charge in [0.1, 0.15) is 5.03 Å². The zero-order valence-corrected chi connectivity index (χ0v) is 11.8. The van der Waals surface area contributed by atoms with Crippen molar-refractivity contribution in [2.75, 3.05) is 5.73 Å². The molecule has 1 aromatic heterocycles. The van der Waals surface area contributed by atoms with Crippen molar-refractivity contribution in [2.24, 2.45) is 0 Å². The molecule has 0 spiro atoms. The van der Waals surface area contributed by atoms with Gasteiger partial charge in [-0.3, -0.25) is 0 Å². The fourth-order valence-corrected chi connectivity index (χ4v) is 2.48. The van der Waals surface area contributed by atoms with Crippen LogP contribution >= 0.6 is 27.7 Å². The summed E-state index contributed by atoms with van der Waals surface area (Å²) >= 11 is 4.90. The Balaban J connectivity index is 2.22. The van der Waals surface area contributed by atoms with E-state index in [1.807, 2.05) is 30.3 Å². The zero-order chi connectivity index (χ0) is 13.0. The van der Waals surface area contributed by atoms with Crippen LogP contribution in [0.5, 0.6) is 0 Å². The summed E-state index contributed by atoms with van der Waals surface area (Å²) in [6, 6.07) is 11.7. The van der Waals surface area contributed by atoms with E-state index >= 15 is 0 Å². The summed E-state index contributed by atoms with van der Waals surface area (Å²) in [5, 5.41) is 9.63. The quantitative estimate of drug-likeness (QED) is 0.877. The average Bonchev–Trinajstić information content (AvgIpc) is 2.37. The molecule has 3 nitrogen and oxygen atoms in total. The number of hydrogen-bond donors (Lipinski definition) is 1. The van der Waals surface area contributed by atoms with Gasteiger partial charge in [0, 0.05) is 21.3 Å². The van der Waals surface area contributed by atoms with E-state index in [0.717, 1.165) is 20.0 Å². The topological polar surface area (TPSA) is 62.7 Å². The highest BCUT2D eigenvalue weighted by Crippen LogP contribution is 2.29. The summed E-state index contributed by atoms with van der Waals surface area (Å²) in [4.78, 5) is 5.32. The van der Waals surface area contributed by atoms with Crippen molar-refractivity contribution < 1.29 is 0 Å². The van der Waals surface area contributed by atoms with Gasteiger partial charge in [0.05, 0.1) is 12.5 Å². The van der Waals surface area contributed by atoms with Crippen molar-refractivity contribution in [1.29, 1.82) is 5.26 Å². The number of hydrogen-bond acceptors (Lipinski definition) is 4. The van der Waals surface area contributed by atoms with E-state index in [4.69, 9.17) is 11.0 Å². The molecule has 0 atom stereocenters. The van der Waals surface area contributed by atoms with Gasteiger partial charge in [-0.15, -0.1) is 0 Å². The van der Waals surface area contributed by atoms with E-state index in [-0.39, 0.29) is 0 Å². The monoisotopic (exact) mass is 319 g/mol. The second-order valence-electron chi connectivity index (χ2n) is 3.61. The van der Waals surface area contributed by atoms with E-state index in [2.05, 4.69) is 27.0 Å². The number of aromatic nitrogens is 1. The highest BCUT2D eigenvalue weighted by Gasteiger charge is 2.03. The van der Waals surface area contributed by atoms with Crippen LogP contribution in [0.25, 0.3) is 0 Å². The number of benzene rings is 1. The van der Waals surface area contributed by atoms with Crippen molar-refractivity contribution in [3.8, 4) is 6.07 Å². The van der Waals surface area contributed by atoms with Gasteiger partial charge in [0.2, 0.25) is 0 Å². The molecule has 18 heavy (non-hydrogen) atoms. The molecule has 90 valence electrons. The smallest absolute Gasteiger partial charge is 0.101 e. The first-order valence-electron chi connectivity index (χ1n) is 5.24. The molecular weight excluding hydrogens is 310 g/mol. The molecule has 0 bridgehead atoms. The number of anilines is 1. The van der Waals surface area contributed by atoms with Crippen molar-refractivity contribution in [3.05, 3.63) is 46.6 Å². The predicted molar refractivity (Wildman–Crippen MR) is 76.2 cm³/mol. The number of nitriles is 1. The summed E-state index contributed by atoms with van der Waals surface area (Å²) in [5.41, 5.74) is 7.32. The third-order valence-corrected chi connectivity index (χ3v) is 3.72. The number of nitrogen functional groups attached to an aromatic ring is 1. The maximum atomic E-state index is 8.73. The maximum Gasteiger partial charge on any atom is 0.101 e. The molecule has 0 radical (unpaired) electrons. The molecule has 0 saturated carbocycles. The molecule has 0 fully saturated rings. The van der Waals surface area contributed by atoms with Crippen molar-refractivity contribution in [2.45, 2.75) is 16.3 Å². The van der Waals surface area contributed by atoms with E-state index in [9.17, 15) is 0 Å². The average molecular weight is 320 g/mol. The SMILES string of the molecule is N#CCc1cc(Sc2ccc(Br)cn2)ccc1N. The molecule has 2 aromatic rings. The second kappa shape index (κ2) is 5.89. The Labute approximate surface area is 118 Å². The Kier molecular flexibility index (Phi) is 4.24. The lowest BCUT2D eigenvalue weighted by atomic mass is 10.1. The molecule has 0 saturated heterocycles. The lowest BCUT2D eigenvalue weighted by Crippen LogP contribution is -1.93. The van der Waals surface area contributed by atoms with Crippen LogP contribution in [0.3, 0.4) is 0 Å². The van der Waals surface area contributed by atoms with Gasteiger partial charge < -0.3 is 5.73 Å². The van der Waals surface area contributed by atoms with Crippen LogP contribution in [-0.2, 0) is 6.42 Å². The minimum absolute atomic E-state index is 0.327. The summed E-state index contributed by atoms with van der Waals surface area (Å²) in [7, 11) is 0. The maximum absolute atomic E-state index is 8.73. The van der Waals surface area contributed by atoms with Crippen LogP contribution in [-0.4, -0.2) is 4.98 Å². The molecule has 2 N–H and O–H groups in total. The first-order valence-corrected chi connectivity index (χ1v) is 6.85. The Hall–Kier alpha value is -1.51. The molecule has 2 rings (SSSR count). The van der Waals surface area contributed by atoms with Gasteiger partial charge in [0.25, 0.3) is 0 Å². The van der Waals surface area contributed by atoms with Gasteiger partial charge in [-0.05, 0) is 51.8 Å². The largest absolute Gasteiger partial charge is 0.398 e. The highest BCUT2D eigenvalue weighted by atomic mass is 79.9. The molecular formula is C13H10BrN3S. The number of nitrogens with zero attached hydrogens (tertiary/aromatic N) is 2. The van der Waals surface area contributed by atoms with Gasteiger partial charge in [-0.2, -0.15) is 5.26 Å². The zero-order valence-electron chi connectivity index (χ0n) is 9.43. The molecule has 0 amide bonds. The van der Waals surface area contributed by atoms with Crippen LogP contribution in [0.15, 0.2) is 50.9 Å². The minimum Gasteiger partial charge on any atom is -0.398 e. The molecule has 5 heteroatoms. The van der Waals surface area contributed by atoms with E-state index in [1.54, 1.807) is 18.0 Å². The molecule has 1 heterocycles. The normalized spacial score (nSPS) is 10.0. The molecule has 0 aliphatic carbocycles. The van der Waals surface area contributed by atoms with Crippen LogP contribution in [0.1, 0.15) is 5.56 Å². The fraction of sp³-hybridized carbons (Fsp3) is 0.0769. The number of rotatable bonds is 3. The van der Waals surface area contributed by atoms with Gasteiger partial charge in [-0.1, -0.05) is 11.8 Å². The summed E-state index contributed by atoms with van der Waals surface area (Å²) in [5.74, 6) is 0. The van der Waals surface area contributed by atoms with Crippen molar-refractivity contribution in [3.63, 3.8) is 0 Å². The van der Waals surface area contributed by atoms with E-state index < -0.39 is 0 Å². The van der Waals surface area contributed by atoms with Crippen molar-refractivity contribution in [1.82, 2.24) is 4.98 Å². The summed E-state index contributed by atoms with van der Waals surface area (Å²) < 4.78 is 0.953. The number of halogens is 1. The first-order chi connectivity index (χ1) is 8.69. The second-order valence-corrected chi connectivity index (χ2v) is 5.62. The fourth-order valence-electron chi connectivity index (χ4n) is 1.43. The van der Waals surface area contributed by atoms with E-state index in [0.29, 0.717) is 12.1 Å². The summed E-state index contributed by atoms with van der Waals surface area (Å²) in [6.45, 7) is 0. The minimum atomic E-state index is 0.327. The molecule has 0 aliphatic rings. The van der Waals surface area contributed by atoms with Gasteiger partial charge in [-0.25, -0.2) is 4.98 Å². The summed E-state index contributed by atoms with van der Waals surface area (Å²) in [6.07, 6.45) is 2.09. The standard InChI is InChI=1S/C13H10BrN3S/c14-10-1-4-13(17-8-10)18-11-2-3-12(16)9(7-11)5-6-15/h1-4,7-8H,5,16H2. The van der Waals surface area contributed by atoms with Crippen LogP contribution in [0, 0.1) is 11.3 Å².